The molecule has 2 aromatic heterocycles. The smallest absolute Gasteiger partial charge is 0.410 e. The number of aromatic nitrogens is 2. The van der Waals surface area contributed by atoms with Crippen LogP contribution >= 0.6 is 0 Å². The van der Waals surface area contributed by atoms with E-state index in [1.54, 1.807) is 11.1 Å². The summed E-state index contributed by atoms with van der Waals surface area (Å²) in [6, 6.07) is 15.9. The van der Waals surface area contributed by atoms with Gasteiger partial charge in [0.2, 0.25) is 0 Å². The Labute approximate surface area is 189 Å². The van der Waals surface area contributed by atoms with E-state index in [2.05, 4.69) is 33.9 Å². The highest BCUT2D eigenvalue weighted by molar-refractivity contribution is 5.70. The van der Waals surface area contributed by atoms with Crippen molar-refractivity contribution in [2.45, 2.75) is 26.2 Å². The third-order valence-corrected chi connectivity index (χ3v) is 5.97. The number of amides is 1. The Morgan fingerprint density at radius 2 is 1.69 bits per heavy atom. The standard InChI is InChI=1S/C26H30N4O2/c1-21-4-2-14-28-25(21)11-8-22-6-9-24(10-7-22)32-26(31)30-18-16-29(17-19-30)15-12-23-5-3-13-27-20-23/h2-7,9-10,13-14,20H,8,11-12,15-19H2,1H3. The number of ether oxygens (including phenoxy) is 1. The largest absolute Gasteiger partial charge is 0.415 e. The SMILES string of the molecule is Cc1cccnc1CCc1ccc(OC(=O)N2CCN(CCc3cccnc3)CC2)cc1. The average Bonchev–Trinajstić information content (AvgIpc) is 2.84. The highest BCUT2D eigenvalue weighted by atomic mass is 16.6. The number of pyridine rings is 2. The molecule has 1 aromatic carbocycles. The maximum Gasteiger partial charge on any atom is 0.415 e. The molecule has 0 bridgehead atoms. The lowest BCUT2D eigenvalue weighted by Crippen LogP contribution is -2.49. The predicted octanol–water partition coefficient (Wildman–Crippen LogP) is 3.93. The van der Waals surface area contributed by atoms with Gasteiger partial charge in [0.25, 0.3) is 0 Å². The number of carbonyl (C=O) groups excluding carboxylic acids is 1. The van der Waals surface area contributed by atoms with Crippen molar-refractivity contribution in [3.63, 3.8) is 0 Å². The molecule has 0 aliphatic carbocycles. The van der Waals surface area contributed by atoms with E-state index in [9.17, 15) is 4.79 Å². The summed E-state index contributed by atoms with van der Waals surface area (Å²) < 4.78 is 5.60. The number of nitrogens with zero attached hydrogens (tertiary/aromatic N) is 4. The predicted molar refractivity (Wildman–Crippen MR) is 125 cm³/mol. The van der Waals surface area contributed by atoms with E-state index in [1.807, 2.05) is 48.8 Å². The van der Waals surface area contributed by atoms with Gasteiger partial charge in [0.1, 0.15) is 5.75 Å². The monoisotopic (exact) mass is 430 g/mol. The lowest BCUT2D eigenvalue weighted by Gasteiger charge is -2.34. The van der Waals surface area contributed by atoms with E-state index >= 15 is 0 Å². The maximum absolute atomic E-state index is 12.6. The first-order valence-electron chi connectivity index (χ1n) is 11.2. The van der Waals surface area contributed by atoms with Gasteiger partial charge < -0.3 is 9.64 Å². The third-order valence-electron chi connectivity index (χ3n) is 5.97. The lowest BCUT2D eigenvalue weighted by atomic mass is 10.1. The molecule has 6 heteroatoms. The number of hydrogen-bond acceptors (Lipinski definition) is 5. The molecule has 1 amide bonds. The highest BCUT2D eigenvalue weighted by Crippen LogP contribution is 2.16. The minimum absolute atomic E-state index is 0.270. The van der Waals surface area contributed by atoms with Crippen LogP contribution in [-0.2, 0) is 19.3 Å². The molecule has 6 nitrogen and oxygen atoms in total. The molecular formula is C26H30N4O2. The Bertz CT molecular complexity index is 1000. The molecule has 1 fully saturated rings. The summed E-state index contributed by atoms with van der Waals surface area (Å²) in [6.07, 6.45) is 8.07. The minimum Gasteiger partial charge on any atom is -0.410 e. The van der Waals surface area contributed by atoms with Crippen LogP contribution in [0.2, 0.25) is 0 Å². The molecule has 0 unspecified atom stereocenters. The van der Waals surface area contributed by atoms with Crippen LogP contribution < -0.4 is 4.74 Å². The fourth-order valence-electron chi connectivity index (χ4n) is 3.92. The Morgan fingerprint density at radius 3 is 2.41 bits per heavy atom. The van der Waals surface area contributed by atoms with Gasteiger partial charge >= 0.3 is 6.09 Å². The molecule has 0 saturated carbocycles. The van der Waals surface area contributed by atoms with E-state index in [0.29, 0.717) is 18.8 Å². The van der Waals surface area contributed by atoms with Crippen molar-refractivity contribution in [2.75, 3.05) is 32.7 Å². The zero-order valence-corrected chi connectivity index (χ0v) is 18.6. The first-order valence-corrected chi connectivity index (χ1v) is 11.2. The summed E-state index contributed by atoms with van der Waals surface area (Å²) in [4.78, 5) is 25.3. The van der Waals surface area contributed by atoms with Crippen molar-refractivity contribution < 1.29 is 9.53 Å². The summed E-state index contributed by atoms with van der Waals surface area (Å²) in [5.41, 5.74) is 4.79. The molecule has 0 radical (unpaired) electrons. The van der Waals surface area contributed by atoms with Crippen LogP contribution in [-0.4, -0.2) is 58.6 Å². The molecule has 4 rings (SSSR count). The fourth-order valence-corrected chi connectivity index (χ4v) is 3.92. The van der Waals surface area contributed by atoms with Crippen LogP contribution in [0.25, 0.3) is 0 Å². The third kappa shape index (κ3) is 6.14. The van der Waals surface area contributed by atoms with Crippen molar-refractivity contribution in [3.8, 4) is 5.75 Å². The summed E-state index contributed by atoms with van der Waals surface area (Å²) in [5, 5.41) is 0. The van der Waals surface area contributed by atoms with Crippen molar-refractivity contribution in [1.82, 2.24) is 19.8 Å². The summed E-state index contributed by atoms with van der Waals surface area (Å²) in [5.74, 6) is 0.590. The Morgan fingerprint density at radius 1 is 0.906 bits per heavy atom. The molecular weight excluding hydrogens is 400 g/mol. The highest BCUT2D eigenvalue weighted by Gasteiger charge is 2.22. The summed E-state index contributed by atoms with van der Waals surface area (Å²) in [6.45, 7) is 6.17. The Balaban J connectivity index is 1.20. The van der Waals surface area contributed by atoms with Crippen LogP contribution in [0.5, 0.6) is 5.75 Å². The first kappa shape index (κ1) is 22.0. The zero-order valence-electron chi connectivity index (χ0n) is 18.6. The number of carbonyl (C=O) groups is 1. The van der Waals surface area contributed by atoms with Gasteiger partial charge in [-0.15, -0.1) is 0 Å². The van der Waals surface area contributed by atoms with Crippen LogP contribution in [0.15, 0.2) is 67.1 Å². The number of rotatable bonds is 7. The first-order chi connectivity index (χ1) is 15.7. The molecule has 166 valence electrons. The van der Waals surface area contributed by atoms with Gasteiger partial charge in [-0.1, -0.05) is 24.3 Å². The lowest BCUT2D eigenvalue weighted by molar-refractivity contribution is 0.111. The van der Waals surface area contributed by atoms with Gasteiger partial charge in [-0.2, -0.15) is 0 Å². The topological polar surface area (TPSA) is 58.6 Å². The molecule has 1 saturated heterocycles. The number of benzene rings is 1. The van der Waals surface area contributed by atoms with Crippen LogP contribution in [0, 0.1) is 6.92 Å². The van der Waals surface area contributed by atoms with Gasteiger partial charge in [-0.25, -0.2) is 4.79 Å². The van der Waals surface area contributed by atoms with Crippen LogP contribution in [0.4, 0.5) is 4.79 Å². The van der Waals surface area contributed by atoms with Crippen molar-refractivity contribution in [3.05, 3.63) is 89.5 Å². The number of piperazine rings is 1. The zero-order chi connectivity index (χ0) is 22.2. The van der Waals surface area contributed by atoms with E-state index in [0.717, 1.165) is 44.6 Å². The molecule has 3 heterocycles. The van der Waals surface area contributed by atoms with E-state index in [-0.39, 0.29) is 6.09 Å². The Kier molecular flexibility index (Phi) is 7.46. The maximum atomic E-state index is 12.6. The summed E-state index contributed by atoms with van der Waals surface area (Å²) >= 11 is 0. The van der Waals surface area contributed by atoms with E-state index in [1.165, 1.54) is 16.7 Å². The number of hydrogen-bond donors (Lipinski definition) is 0. The van der Waals surface area contributed by atoms with Gasteiger partial charge in [-0.3, -0.25) is 14.9 Å². The van der Waals surface area contributed by atoms with Crippen molar-refractivity contribution in [2.24, 2.45) is 0 Å². The van der Waals surface area contributed by atoms with E-state index in [4.69, 9.17) is 4.74 Å². The average molecular weight is 431 g/mol. The summed E-state index contributed by atoms with van der Waals surface area (Å²) in [7, 11) is 0. The molecule has 0 N–H and O–H groups in total. The van der Waals surface area contributed by atoms with Gasteiger partial charge in [0.15, 0.2) is 0 Å². The fraction of sp³-hybridized carbons (Fsp3) is 0.346. The molecule has 3 aromatic rings. The van der Waals surface area contributed by atoms with E-state index < -0.39 is 0 Å². The van der Waals surface area contributed by atoms with Gasteiger partial charge in [0, 0.05) is 57.0 Å². The van der Waals surface area contributed by atoms with Crippen molar-refractivity contribution in [1.29, 1.82) is 0 Å². The van der Waals surface area contributed by atoms with Gasteiger partial charge in [-0.05, 0) is 67.1 Å². The molecule has 0 spiro atoms. The van der Waals surface area contributed by atoms with Gasteiger partial charge in [0.05, 0.1) is 0 Å². The second kappa shape index (κ2) is 10.9. The molecule has 1 aliphatic rings. The second-order valence-electron chi connectivity index (χ2n) is 8.22. The Hall–Kier alpha value is -3.25. The van der Waals surface area contributed by atoms with Crippen LogP contribution in [0.1, 0.15) is 22.4 Å². The molecule has 0 atom stereocenters. The second-order valence-corrected chi connectivity index (χ2v) is 8.22. The normalized spacial score (nSPS) is 14.3. The number of aryl methyl sites for hydroxylation is 3. The molecule has 32 heavy (non-hydrogen) atoms. The van der Waals surface area contributed by atoms with Crippen molar-refractivity contribution >= 4 is 6.09 Å². The quantitative estimate of drug-likeness (QED) is 0.568. The molecule has 1 aliphatic heterocycles. The minimum atomic E-state index is -0.270. The van der Waals surface area contributed by atoms with Crippen LogP contribution in [0.3, 0.4) is 0 Å².